The van der Waals surface area contributed by atoms with Crippen molar-refractivity contribution in [3.05, 3.63) is 35.9 Å². The van der Waals surface area contributed by atoms with Gasteiger partial charge in [-0.15, -0.1) is 0 Å². The summed E-state index contributed by atoms with van der Waals surface area (Å²) in [6.45, 7) is 0.618. The van der Waals surface area contributed by atoms with Gasteiger partial charge in [0.25, 0.3) is 0 Å². The van der Waals surface area contributed by atoms with Crippen molar-refractivity contribution in [3.8, 4) is 0 Å². The van der Waals surface area contributed by atoms with Crippen LogP contribution in [0, 0.1) is 0 Å². The second kappa shape index (κ2) is 5.65. The molecule has 1 aromatic heterocycles. The Bertz CT molecular complexity index is 716. The lowest BCUT2D eigenvalue weighted by molar-refractivity contribution is -0.119. The lowest BCUT2D eigenvalue weighted by Crippen LogP contribution is -2.32. The van der Waals surface area contributed by atoms with E-state index in [2.05, 4.69) is 15.6 Å². The number of nitrogens with one attached hydrogen (secondary N) is 2. The number of carbonyl (C=O) groups is 1. The molecule has 108 valence electrons. The van der Waals surface area contributed by atoms with Gasteiger partial charge in [-0.2, -0.15) is 0 Å². The maximum absolute atomic E-state index is 11.2. The van der Waals surface area contributed by atoms with Crippen LogP contribution in [0.25, 0.3) is 10.9 Å². The molecule has 4 N–H and O–H groups in total. The SMILES string of the molecule is NC(=S)c1cc2ccccc2nc1NCC1CCC(=O)N1. The van der Waals surface area contributed by atoms with Crippen molar-refractivity contribution in [1.82, 2.24) is 10.3 Å². The number of amides is 1. The van der Waals surface area contributed by atoms with Gasteiger partial charge in [-0.05, 0) is 18.6 Å². The van der Waals surface area contributed by atoms with Crippen LogP contribution in [0.1, 0.15) is 18.4 Å². The first-order valence-electron chi connectivity index (χ1n) is 6.86. The summed E-state index contributed by atoms with van der Waals surface area (Å²) in [7, 11) is 0. The third-order valence-electron chi connectivity index (χ3n) is 3.59. The van der Waals surface area contributed by atoms with Crippen molar-refractivity contribution < 1.29 is 4.79 Å². The van der Waals surface area contributed by atoms with Gasteiger partial charge in [0.1, 0.15) is 10.8 Å². The quantitative estimate of drug-likeness (QED) is 0.747. The van der Waals surface area contributed by atoms with Crippen LogP contribution in [0.15, 0.2) is 30.3 Å². The van der Waals surface area contributed by atoms with E-state index in [1.807, 2.05) is 30.3 Å². The van der Waals surface area contributed by atoms with Crippen LogP contribution in [0.5, 0.6) is 0 Å². The maximum Gasteiger partial charge on any atom is 0.220 e. The van der Waals surface area contributed by atoms with E-state index < -0.39 is 0 Å². The van der Waals surface area contributed by atoms with Crippen LogP contribution in [-0.4, -0.2) is 28.5 Å². The molecule has 0 spiro atoms. The fourth-order valence-electron chi connectivity index (χ4n) is 2.49. The Morgan fingerprint density at radius 2 is 2.29 bits per heavy atom. The predicted molar refractivity (Wildman–Crippen MR) is 87.3 cm³/mol. The van der Waals surface area contributed by atoms with Crippen LogP contribution in [0.2, 0.25) is 0 Å². The van der Waals surface area contributed by atoms with E-state index in [1.165, 1.54) is 0 Å². The first-order valence-corrected chi connectivity index (χ1v) is 7.27. The summed E-state index contributed by atoms with van der Waals surface area (Å²) >= 11 is 5.11. The van der Waals surface area contributed by atoms with Crippen molar-refractivity contribution in [2.24, 2.45) is 5.73 Å². The molecule has 21 heavy (non-hydrogen) atoms. The molecule has 1 atom stereocenters. The molecule has 6 heteroatoms. The number of para-hydroxylation sites is 1. The van der Waals surface area contributed by atoms with Crippen LogP contribution in [0.4, 0.5) is 5.82 Å². The number of benzene rings is 1. The second-order valence-corrected chi connectivity index (χ2v) is 5.57. The van der Waals surface area contributed by atoms with Crippen LogP contribution in [0.3, 0.4) is 0 Å². The number of nitrogens with two attached hydrogens (primary N) is 1. The molecule has 1 fully saturated rings. The predicted octanol–water partition coefficient (Wildman–Crippen LogP) is 1.56. The lowest BCUT2D eigenvalue weighted by atomic mass is 10.1. The van der Waals surface area contributed by atoms with Gasteiger partial charge in [0.05, 0.1) is 11.1 Å². The topological polar surface area (TPSA) is 80.0 Å². The molecule has 1 saturated heterocycles. The van der Waals surface area contributed by atoms with E-state index in [-0.39, 0.29) is 11.9 Å². The Balaban J connectivity index is 1.87. The van der Waals surface area contributed by atoms with Gasteiger partial charge in [-0.25, -0.2) is 4.98 Å². The van der Waals surface area contributed by atoms with Crippen LogP contribution < -0.4 is 16.4 Å². The van der Waals surface area contributed by atoms with E-state index in [0.29, 0.717) is 23.8 Å². The van der Waals surface area contributed by atoms with Gasteiger partial charge in [0, 0.05) is 24.4 Å². The van der Waals surface area contributed by atoms with Crippen molar-refractivity contribution in [2.45, 2.75) is 18.9 Å². The average Bonchev–Trinajstić information content (AvgIpc) is 2.89. The molecule has 5 nitrogen and oxygen atoms in total. The Kier molecular flexibility index (Phi) is 3.70. The molecule has 0 aliphatic carbocycles. The van der Waals surface area contributed by atoms with E-state index in [1.54, 1.807) is 0 Å². The molecule has 1 aliphatic heterocycles. The standard InChI is InChI=1S/C15H16N4OS/c16-14(21)11-7-9-3-1-2-4-12(9)19-15(11)17-8-10-5-6-13(20)18-10/h1-4,7,10H,5-6,8H2,(H2,16,21)(H,17,19)(H,18,20). The number of carbonyl (C=O) groups excluding carboxylic acids is 1. The molecule has 1 amide bonds. The molecule has 0 bridgehead atoms. The Morgan fingerprint density at radius 3 is 3.00 bits per heavy atom. The Labute approximate surface area is 127 Å². The highest BCUT2D eigenvalue weighted by Crippen LogP contribution is 2.21. The van der Waals surface area contributed by atoms with Crippen molar-refractivity contribution >= 4 is 39.8 Å². The van der Waals surface area contributed by atoms with E-state index in [0.717, 1.165) is 22.9 Å². The van der Waals surface area contributed by atoms with Gasteiger partial charge in [-0.3, -0.25) is 4.79 Å². The molecular weight excluding hydrogens is 284 g/mol. The minimum Gasteiger partial charge on any atom is -0.389 e. The van der Waals surface area contributed by atoms with Crippen molar-refractivity contribution in [1.29, 1.82) is 0 Å². The van der Waals surface area contributed by atoms with Crippen molar-refractivity contribution in [2.75, 3.05) is 11.9 Å². The number of aromatic nitrogens is 1. The molecular formula is C15H16N4OS. The third kappa shape index (κ3) is 2.95. The minimum absolute atomic E-state index is 0.0999. The molecule has 1 aromatic carbocycles. The van der Waals surface area contributed by atoms with Gasteiger partial charge < -0.3 is 16.4 Å². The zero-order valence-electron chi connectivity index (χ0n) is 11.4. The summed E-state index contributed by atoms with van der Waals surface area (Å²) in [5.74, 6) is 0.769. The number of rotatable bonds is 4. The summed E-state index contributed by atoms with van der Waals surface area (Å²) < 4.78 is 0. The van der Waals surface area contributed by atoms with Gasteiger partial charge in [-0.1, -0.05) is 30.4 Å². The normalized spacial score (nSPS) is 17.7. The number of fused-ring (bicyclic) bond motifs is 1. The zero-order valence-corrected chi connectivity index (χ0v) is 12.2. The highest BCUT2D eigenvalue weighted by molar-refractivity contribution is 7.80. The van der Waals surface area contributed by atoms with Gasteiger partial charge in [0.2, 0.25) is 5.91 Å². The maximum atomic E-state index is 11.2. The number of hydrogen-bond acceptors (Lipinski definition) is 4. The Morgan fingerprint density at radius 1 is 1.48 bits per heavy atom. The largest absolute Gasteiger partial charge is 0.389 e. The fraction of sp³-hybridized carbons (Fsp3) is 0.267. The number of hydrogen-bond donors (Lipinski definition) is 3. The van der Waals surface area contributed by atoms with Gasteiger partial charge >= 0.3 is 0 Å². The monoisotopic (exact) mass is 300 g/mol. The average molecular weight is 300 g/mol. The number of pyridine rings is 1. The number of nitrogens with zero attached hydrogens (tertiary/aromatic N) is 1. The lowest BCUT2D eigenvalue weighted by Gasteiger charge is -2.15. The summed E-state index contributed by atoms with van der Waals surface area (Å²) in [4.78, 5) is 16.1. The van der Waals surface area contributed by atoms with Crippen LogP contribution in [-0.2, 0) is 4.79 Å². The molecule has 0 radical (unpaired) electrons. The third-order valence-corrected chi connectivity index (χ3v) is 3.81. The van der Waals surface area contributed by atoms with Gasteiger partial charge in [0.15, 0.2) is 0 Å². The van der Waals surface area contributed by atoms with E-state index >= 15 is 0 Å². The van der Waals surface area contributed by atoms with E-state index in [4.69, 9.17) is 18.0 Å². The van der Waals surface area contributed by atoms with E-state index in [9.17, 15) is 4.79 Å². The molecule has 3 rings (SSSR count). The molecule has 2 aromatic rings. The smallest absolute Gasteiger partial charge is 0.220 e. The molecule has 0 saturated carbocycles. The summed E-state index contributed by atoms with van der Waals surface area (Å²) in [6.07, 6.45) is 1.42. The minimum atomic E-state index is 0.0999. The number of thiocarbonyl (C=S) groups is 1. The summed E-state index contributed by atoms with van der Waals surface area (Å²) in [6, 6.07) is 9.89. The highest BCUT2D eigenvalue weighted by Gasteiger charge is 2.21. The van der Waals surface area contributed by atoms with Crippen molar-refractivity contribution in [3.63, 3.8) is 0 Å². The fourth-order valence-corrected chi connectivity index (χ4v) is 2.64. The molecule has 1 aliphatic rings. The molecule has 2 heterocycles. The molecule has 1 unspecified atom stereocenters. The second-order valence-electron chi connectivity index (χ2n) is 5.13. The first kappa shape index (κ1) is 13.8. The Hall–Kier alpha value is -2.21. The zero-order chi connectivity index (χ0) is 14.8. The van der Waals surface area contributed by atoms with Crippen LogP contribution >= 0.6 is 12.2 Å². The summed E-state index contributed by atoms with van der Waals surface area (Å²) in [5.41, 5.74) is 7.41. The summed E-state index contributed by atoms with van der Waals surface area (Å²) in [5, 5.41) is 7.17. The number of anilines is 1. The first-order chi connectivity index (χ1) is 10.1. The highest BCUT2D eigenvalue weighted by atomic mass is 32.1.